The molecule has 100 valence electrons. The van der Waals surface area contributed by atoms with E-state index in [0.717, 1.165) is 24.5 Å². The number of hydrogen-bond donors (Lipinski definition) is 1. The van der Waals surface area contributed by atoms with Crippen molar-refractivity contribution in [3.05, 3.63) is 29.3 Å². The lowest BCUT2D eigenvalue weighted by molar-refractivity contribution is 0.0824. The van der Waals surface area contributed by atoms with Crippen molar-refractivity contribution in [2.24, 2.45) is 0 Å². The standard InChI is InChI=1S/C13H18ClNO2S/c1-2-15-12-7-8-17-9-13(12)18(16)11-5-3-10(14)4-6-11/h3-6,12-13,15H,2,7-9H2,1H3. The predicted octanol–water partition coefficient (Wildman–Crippen LogP) is 2.21. The summed E-state index contributed by atoms with van der Waals surface area (Å²) in [7, 11) is -1.06. The van der Waals surface area contributed by atoms with E-state index in [4.69, 9.17) is 16.3 Å². The monoisotopic (exact) mass is 287 g/mol. The normalized spacial score (nSPS) is 25.9. The fourth-order valence-electron chi connectivity index (χ4n) is 2.16. The van der Waals surface area contributed by atoms with Crippen molar-refractivity contribution in [3.63, 3.8) is 0 Å². The van der Waals surface area contributed by atoms with Crippen molar-refractivity contribution in [2.75, 3.05) is 19.8 Å². The van der Waals surface area contributed by atoms with Gasteiger partial charge in [-0.15, -0.1) is 0 Å². The van der Waals surface area contributed by atoms with E-state index in [-0.39, 0.29) is 11.3 Å². The van der Waals surface area contributed by atoms with Gasteiger partial charge in [0.25, 0.3) is 0 Å². The molecule has 0 aromatic heterocycles. The molecule has 1 saturated heterocycles. The number of rotatable bonds is 4. The van der Waals surface area contributed by atoms with Gasteiger partial charge < -0.3 is 10.1 Å². The zero-order chi connectivity index (χ0) is 13.0. The maximum atomic E-state index is 12.5. The molecular formula is C13H18ClNO2S. The predicted molar refractivity (Wildman–Crippen MR) is 74.5 cm³/mol. The van der Waals surface area contributed by atoms with Crippen molar-refractivity contribution in [1.29, 1.82) is 0 Å². The molecule has 0 amide bonds. The molecule has 0 bridgehead atoms. The third kappa shape index (κ3) is 3.32. The van der Waals surface area contributed by atoms with Crippen LogP contribution in [-0.4, -0.2) is 35.3 Å². The van der Waals surface area contributed by atoms with Gasteiger partial charge >= 0.3 is 0 Å². The average molecular weight is 288 g/mol. The highest BCUT2D eigenvalue weighted by atomic mass is 35.5. The van der Waals surface area contributed by atoms with Gasteiger partial charge in [0.1, 0.15) is 0 Å². The maximum absolute atomic E-state index is 12.5. The Bertz CT molecular complexity index is 408. The topological polar surface area (TPSA) is 38.3 Å². The van der Waals surface area contributed by atoms with Crippen LogP contribution < -0.4 is 5.32 Å². The van der Waals surface area contributed by atoms with Gasteiger partial charge in [-0.2, -0.15) is 0 Å². The van der Waals surface area contributed by atoms with Crippen LogP contribution in [0.2, 0.25) is 5.02 Å². The Kier molecular flexibility index (Phi) is 5.18. The van der Waals surface area contributed by atoms with E-state index in [1.54, 1.807) is 12.1 Å². The molecule has 3 atom stereocenters. The molecule has 0 aliphatic carbocycles. The average Bonchev–Trinajstić information content (AvgIpc) is 2.40. The summed E-state index contributed by atoms with van der Waals surface area (Å²) in [6, 6.07) is 7.48. The third-order valence-corrected chi connectivity index (χ3v) is 5.09. The van der Waals surface area contributed by atoms with Crippen molar-refractivity contribution >= 4 is 22.4 Å². The number of hydrogen-bond acceptors (Lipinski definition) is 3. The van der Waals surface area contributed by atoms with Crippen molar-refractivity contribution in [3.8, 4) is 0 Å². The second-order valence-electron chi connectivity index (χ2n) is 4.32. The maximum Gasteiger partial charge on any atom is 0.0782 e. The molecule has 1 aliphatic rings. The highest BCUT2D eigenvalue weighted by molar-refractivity contribution is 7.85. The molecule has 0 radical (unpaired) electrons. The number of benzene rings is 1. The summed E-state index contributed by atoms with van der Waals surface area (Å²) in [4.78, 5) is 0.817. The summed E-state index contributed by atoms with van der Waals surface area (Å²) in [6.07, 6.45) is 0.915. The summed E-state index contributed by atoms with van der Waals surface area (Å²) in [5.41, 5.74) is 0. The van der Waals surface area contributed by atoms with Gasteiger partial charge in [-0.25, -0.2) is 0 Å². The molecule has 1 aromatic rings. The van der Waals surface area contributed by atoms with E-state index >= 15 is 0 Å². The summed E-state index contributed by atoms with van der Waals surface area (Å²) in [6.45, 7) is 4.25. The Morgan fingerprint density at radius 2 is 2.17 bits per heavy atom. The van der Waals surface area contributed by atoms with E-state index in [2.05, 4.69) is 12.2 Å². The van der Waals surface area contributed by atoms with Gasteiger partial charge in [0.2, 0.25) is 0 Å². The Labute approximate surface area is 115 Å². The van der Waals surface area contributed by atoms with Gasteiger partial charge in [0.05, 0.1) is 22.7 Å². The smallest absolute Gasteiger partial charge is 0.0782 e. The molecule has 0 spiro atoms. The van der Waals surface area contributed by atoms with Crippen molar-refractivity contribution in [2.45, 2.75) is 29.5 Å². The Hall–Kier alpha value is -0.420. The highest BCUT2D eigenvalue weighted by Gasteiger charge is 2.30. The quantitative estimate of drug-likeness (QED) is 0.923. The molecular weight excluding hydrogens is 270 g/mol. The van der Waals surface area contributed by atoms with Crippen molar-refractivity contribution in [1.82, 2.24) is 5.32 Å². The minimum Gasteiger partial charge on any atom is -0.380 e. The fraction of sp³-hybridized carbons (Fsp3) is 0.538. The molecule has 1 aliphatic heterocycles. The van der Waals surface area contributed by atoms with Crippen LogP contribution in [0.25, 0.3) is 0 Å². The van der Waals surface area contributed by atoms with Gasteiger partial charge in [-0.3, -0.25) is 4.21 Å². The van der Waals surface area contributed by atoms with Gasteiger partial charge in [-0.05, 0) is 37.2 Å². The summed E-state index contributed by atoms with van der Waals surface area (Å²) in [5.74, 6) is 0. The first-order valence-corrected chi connectivity index (χ1v) is 7.78. The first kappa shape index (κ1) is 14.0. The zero-order valence-electron chi connectivity index (χ0n) is 10.4. The minimum absolute atomic E-state index is 0.0138. The van der Waals surface area contributed by atoms with Crippen molar-refractivity contribution < 1.29 is 8.95 Å². The molecule has 1 fully saturated rings. The van der Waals surface area contributed by atoms with E-state index in [1.807, 2.05) is 12.1 Å². The zero-order valence-corrected chi connectivity index (χ0v) is 12.0. The SMILES string of the molecule is CCNC1CCOCC1S(=O)c1ccc(Cl)cc1. The molecule has 18 heavy (non-hydrogen) atoms. The van der Waals surface area contributed by atoms with Crippen LogP contribution in [0.15, 0.2) is 29.2 Å². The van der Waals surface area contributed by atoms with Crippen LogP contribution in [0.3, 0.4) is 0 Å². The second kappa shape index (κ2) is 6.66. The lowest BCUT2D eigenvalue weighted by Crippen LogP contribution is -2.48. The number of ether oxygens (including phenoxy) is 1. The number of nitrogens with one attached hydrogen (secondary N) is 1. The Morgan fingerprint density at radius 3 is 2.83 bits per heavy atom. The van der Waals surface area contributed by atoms with Gasteiger partial charge in [0, 0.05) is 22.6 Å². The molecule has 1 heterocycles. The summed E-state index contributed by atoms with van der Waals surface area (Å²) < 4.78 is 18.0. The number of halogens is 1. The lowest BCUT2D eigenvalue weighted by atomic mass is 10.1. The van der Waals surface area contributed by atoms with Crippen LogP contribution in [0, 0.1) is 0 Å². The van der Waals surface area contributed by atoms with E-state index in [1.165, 1.54) is 0 Å². The molecule has 0 saturated carbocycles. The van der Waals surface area contributed by atoms with E-state index < -0.39 is 10.8 Å². The summed E-state index contributed by atoms with van der Waals surface area (Å²) >= 11 is 5.84. The van der Waals surface area contributed by atoms with Crippen LogP contribution >= 0.6 is 11.6 Å². The van der Waals surface area contributed by atoms with E-state index in [0.29, 0.717) is 11.6 Å². The summed E-state index contributed by atoms with van der Waals surface area (Å²) in [5, 5.41) is 4.08. The highest BCUT2D eigenvalue weighted by Crippen LogP contribution is 2.21. The largest absolute Gasteiger partial charge is 0.380 e. The van der Waals surface area contributed by atoms with Gasteiger partial charge in [-0.1, -0.05) is 18.5 Å². The van der Waals surface area contributed by atoms with Crippen LogP contribution in [-0.2, 0) is 15.5 Å². The molecule has 2 rings (SSSR count). The Morgan fingerprint density at radius 1 is 1.44 bits per heavy atom. The van der Waals surface area contributed by atoms with Crippen LogP contribution in [0.1, 0.15) is 13.3 Å². The molecule has 1 N–H and O–H groups in total. The lowest BCUT2D eigenvalue weighted by Gasteiger charge is -2.31. The first-order chi connectivity index (χ1) is 8.72. The minimum atomic E-state index is -1.06. The molecule has 1 aromatic carbocycles. The van der Waals surface area contributed by atoms with Crippen LogP contribution in [0.4, 0.5) is 0 Å². The molecule has 5 heteroatoms. The van der Waals surface area contributed by atoms with E-state index in [9.17, 15) is 4.21 Å². The molecule has 3 unspecified atom stereocenters. The first-order valence-electron chi connectivity index (χ1n) is 6.19. The fourth-order valence-corrected chi connectivity index (χ4v) is 3.79. The Balaban J connectivity index is 2.12. The molecule has 3 nitrogen and oxygen atoms in total. The second-order valence-corrected chi connectivity index (χ2v) is 6.43. The van der Waals surface area contributed by atoms with Crippen LogP contribution in [0.5, 0.6) is 0 Å². The van der Waals surface area contributed by atoms with Gasteiger partial charge in [0.15, 0.2) is 0 Å². The third-order valence-electron chi connectivity index (χ3n) is 3.09.